The van der Waals surface area contributed by atoms with E-state index in [0.29, 0.717) is 6.61 Å². The minimum Gasteiger partial charge on any atom is -0.396 e. The lowest BCUT2D eigenvalue weighted by Crippen LogP contribution is -2.15. The van der Waals surface area contributed by atoms with Crippen molar-refractivity contribution in [3.63, 3.8) is 0 Å². The average Bonchev–Trinajstić information content (AvgIpc) is 2.24. The highest BCUT2D eigenvalue weighted by Gasteiger charge is 1.93. The van der Waals surface area contributed by atoms with Crippen LogP contribution in [-0.2, 0) is 0 Å². The summed E-state index contributed by atoms with van der Waals surface area (Å²) < 4.78 is 0. The fraction of sp³-hybridized carbons (Fsp3) is 1.00. The number of aliphatic hydroxyl groups is 4. The summed E-state index contributed by atoms with van der Waals surface area (Å²) in [4.78, 5) is 0. The van der Waals surface area contributed by atoms with E-state index < -0.39 is 6.10 Å². The molecule has 0 saturated heterocycles. The van der Waals surface area contributed by atoms with Crippen molar-refractivity contribution in [2.45, 2.75) is 45.1 Å². The molecular formula is C10H24O4. The van der Waals surface area contributed by atoms with Gasteiger partial charge in [-0.3, -0.25) is 0 Å². The molecule has 0 saturated carbocycles. The molecule has 0 fully saturated rings. The van der Waals surface area contributed by atoms with E-state index in [2.05, 4.69) is 6.92 Å². The van der Waals surface area contributed by atoms with Gasteiger partial charge >= 0.3 is 0 Å². The van der Waals surface area contributed by atoms with Crippen molar-refractivity contribution in [1.29, 1.82) is 0 Å². The summed E-state index contributed by atoms with van der Waals surface area (Å²) >= 11 is 0. The van der Waals surface area contributed by atoms with E-state index in [9.17, 15) is 0 Å². The molecule has 4 nitrogen and oxygen atoms in total. The molecule has 0 radical (unpaired) electrons. The third-order valence-corrected chi connectivity index (χ3v) is 1.68. The van der Waals surface area contributed by atoms with Crippen LogP contribution in [-0.4, -0.2) is 46.4 Å². The number of hydrogen-bond acceptors (Lipinski definition) is 4. The zero-order chi connectivity index (χ0) is 11.2. The van der Waals surface area contributed by atoms with Gasteiger partial charge in [0.1, 0.15) is 6.10 Å². The minimum atomic E-state index is -0.954. The SMILES string of the molecule is CCCCCCCO.OCC(O)CO. The Morgan fingerprint density at radius 3 is 1.64 bits per heavy atom. The van der Waals surface area contributed by atoms with E-state index in [-0.39, 0.29) is 13.2 Å². The van der Waals surface area contributed by atoms with Gasteiger partial charge in [0, 0.05) is 6.61 Å². The standard InChI is InChI=1S/C7H16O.C3H8O3/c1-2-3-4-5-6-7-8;4-1-3(6)2-5/h8H,2-7H2,1H3;3-6H,1-2H2. The molecule has 0 aliphatic rings. The van der Waals surface area contributed by atoms with E-state index in [1.54, 1.807) is 0 Å². The zero-order valence-corrected chi connectivity index (χ0v) is 9.02. The monoisotopic (exact) mass is 208 g/mol. The van der Waals surface area contributed by atoms with Gasteiger partial charge in [-0.05, 0) is 6.42 Å². The Balaban J connectivity index is 0. The molecule has 14 heavy (non-hydrogen) atoms. The van der Waals surface area contributed by atoms with Gasteiger partial charge in [0.25, 0.3) is 0 Å². The molecule has 0 heterocycles. The maximum atomic E-state index is 8.37. The zero-order valence-electron chi connectivity index (χ0n) is 9.02. The van der Waals surface area contributed by atoms with Gasteiger partial charge < -0.3 is 20.4 Å². The highest BCUT2D eigenvalue weighted by molar-refractivity contribution is 4.44. The normalized spacial score (nSPS) is 9.86. The molecule has 4 N–H and O–H groups in total. The van der Waals surface area contributed by atoms with Gasteiger partial charge in [-0.15, -0.1) is 0 Å². The second-order valence-electron chi connectivity index (χ2n) is 3.16. The van der Waals surface area contributed by atoms with E-state index in [0.717, 1.165) is 6.42 Å². The molecule has 0 amide bonds. The van der Waals surface area contributed by atoms with E-state index in [1.807, 2.05) is 0 Å². The van der Waals surface area contributed by atoms with Crippen LogP contribution in [0.4, 0.5) is 0 Å². The first-order valence-corrected chi connectivity index (χ1v) is 5.23. The molecule has 0 aromatic heterocycles. The van der Waals surface area contributed by atoms with Crippen LogP contribution >= 0.6 is 0 Å². The first-order valence-electron chi connectivity index (χ1n) is 5.23. The molecule has 0 aliphatic heterocycles. The molecule has 4 heteroatoms. The summed E-state index contributed by atoms with van der Waals surface area (Å²) in [5, 5.41) is 32.4. The molecule has 0 atom stereocenters. The van der Waals surface area contributed by atoms with Crippen LogP contribution in [0.25, 0.3) is 0 Å². The van der Waals surface area contributed by atoms with Crippen LogP contribution in [0.5, 0.6) is 0 Å². The molecule has 0 rings (SSSR count). The first kappa shape index (κ1) is 16.3. The number of rotatable bonds is 7. The third-order valence-electron chi connectivity index (χ3n) is 1.68. The predicted molar refractivity (Wildman–Crippen MR) is 56.0 cm³/mol. The Morgan fingerprint density at radius 2 is 1.36 bits per heavy atom. The molecule has 0 bridgehead atoms. The summed E-state index contributed by atoms with van der Waals surface area (Å²) in [6.07, 6.45) is 5.12. The molecule has 0 spiro atoms. The summed E-state index contributed by atoms with van der Waals surface area (Å²) in [6, 6.07) is 0. The van der Waals surface area contributed by atoms with Gasteiger partial charge in [-0.25, -0.2) is 0 Å². The molecule has 0 aromatic carbocycles. The fourth-order valence-electron chi connectivity index (χ4n) is 0.773. The smallest absolute Gasteiger partial charge is 0.100 e. The lowest BCUT2D eigenvalue weighted by molar-refractivity contribution is 0.0450. The number of unbranched alkanes of at least 4 members (excludes halogenated alkanes) is 4. The largest absolute Gasteiger partial charge is 0.396 e. The van der Waals surface area contributed by atoms with Crippen LogP contribution in [0.3, 0.4) is 0 Å². The van der Waals surface area contributed by atoms with Crippen LogP contribution in [0, 0.1) is 0 Å². The van der Waals surface area contributed by atoms with Crippen LogP contribution in [0.1, 0.15) is 39.0 Å². The number of hydrogen-bond donors (Lipinski definition) is 4. The minimum absolute atomic E-state index is 0.365. The lowest BCUT2D eigenvalue weighted by atomic mass is 10.2. The second-order valence-corrected chi connectivity index (χ2v) is 3.16. The van der Waals surface area contributed by atoms with Gasteiger partial charge in [0.15, 0.2) is 0 Å². The van der Waals surface area contributed by atoms with Crippen molar-refractivity contribution in [2.75, 3.05) is 19.8 Å². The third kappa shape index (κ3) is 17.8. The van der Waals surface area contributed by atoms with Gasteiger partial charge in [-0.1, -0.05) is 32.6 Å². The highest BCUT2D eigenvalue weighted by atomic mass is 16.3. The molecule has 0 aliphatic carbocycles. The highest BCUT2D eigenvalue weighted by Crippen LogP contribution is 2.00. The second kappa shape index (κ2) is 15.3. The van der Waals surface area contributed by atoms with Crippen molar-refractivity contribution in [1.82, 2.24) is 0 Å². The average molecular weight is 208 g/mol. The van der Waals surface area contributed by atoms with E-state index >= 15 is 0 Å². The topological polar surface area (TPSA) is 80.9 Å². The number of aliphatic hydroxyl groups excluding tert-OH is 4. The van der Waals surface area contributed by atoms with Crippen molar-refractivity contribution >= 4 is 0 Å². The van der Waals surface area contributed by atoms with Gasteiger partial charge in [0.05, 0.1) is 13.2 Å². The Hall–Kier alpha value is -0.160. The lowest BCUT2D eigenvalue weighted by Gasteiger charge is -1.96. The fourth-order valence-corrected chi connectivity index (χ4v) is 0.773. The Morgan fingerprint density at radius 1 is 0.857 bits per heavy atom. The Bertz CT molecular complexity index is 78.2. The van der Waals surface area contributed by atoms with Crippen LogP contribution in [0.2, 0.25) is 0 Å². The van der Waals surface area contributed by atoms with Crippen molar-refractivity contribution in [3.05, 3.63) is 0 Å². The van der Waals surface area contributed by atoms with Gasteiger partial charge in [0.2, 0.25) is 0 Å². The maximum absolute atomic E-state index is 8.37. The predicted octanol–water partition coefficient (Wildman–Crippen LogP) is 0.281. The summed E-state index contributed by atoms with van der Waals surface area (Å²) in [5.74, 6) is 0. The van der Waals surface area contributed by atoms with Gasteiger partial charge in [-0.2, -0.15) is 0 Å². The molecule has 0 unspecified atom stereocenters. The van der Waals surface area contributed by atoms with E-state index in [1.165, 1.54) is 25.7 Å². The van der Waals surface area contributed by atoms with Crippen LogP contribution < -0.4 is 0 Å². The maximum Gasteiger partial charge on any atom is 0.100 e. The molecular weight excluding hydrogens is 184 g/mol. The van der Waals surface area contributed by atoms with Crippen molar-refractivity contribution < 1.29 is 20.4 Å². The Kier molecular flexibility index (Phi) is 17.8. The molecule has 0 aromatic rings. The van der Waals surface area contributed by atoms with E-state index in [4.69, 9.17) is 20.4 Å². The molecule has 88 valence electrons. The quantitative estimate of drug-likeness (QED) is 0.453. The van der Waals surface area contributed by atoms with Crippen LogP contribution in [0.15, 0.2) is 0 Å². The first-order chi connectivity index (χ1) is 6.72. The van der Waals surface area contributed by atoms with Crippen molar-refractivity contribution in [3.8, 4) is 0 Å². The summed E-state index contributed by atoms with van der Waals surface area (Å²) in [7, 11) is 0. The Labute approximate surface area is 86.2 Å². The van der Waals surface area contributed by atoms with Crippen molar-refractivity contribution in [2.24, 2.45) is 0 Å². The summed E-state index contributed by atoms with van der Waals surface area (Å²) in [5.41, 5.74) is 0. The summed E-state index contributed by atoms with van der Waals surface area (Å²) in [6.45, 7) is 1.83.